The van der Waals surface area contributed by atoms with Gasteiger partial charge in [-0.2, -0.15) is 0 Å². The Hall–Kier alpha value is -1.81. The monoisotopic (exact) mass is 287 g/mol. The fourth-order valence-corrected chi connectivity index (χ4v) is 3.13. The molecule has 1 aliphatic carbocycles. The molecule has 21 heavy (non-hydrogen) atoms. The van der Waals surface area contributed by atoms with Crippen LogP contribution in [0.5, 0.6) is 5.75 Å². The molecule has 0 spiro atoms. The third kappa shape index (κ3) is 2.68. The van der Waals surface area contributed by atoms with Crippen molar-refractivity contribution in [3.8, 4) is 5.75 Å². The lowest BCUT2D eigenvalue weighted by molar-refractivity contribution is -0.0245. The smallest absolute Gasteiger partial charge is 0.165 e. The molecule has 0 bridgehead atoms. The third-order valence-corrected chi connectivity index (χ3v) is 4.26. The van der Waals surface area contributed by atoms with Crippen molar-refractivity contribution in [1.29, 1.82) is 0 Å². The van der Waals surface area contributed by atoms with Crippen molar-refractivity contribution in [3.05, 3.63) is 30.0 Å². The fourth-order valence-electron chi connectivity index (χ4n) is 3.13. The number of methoxy groups -OCH3 is 1. The van der Waals surface area contributed by atoms with Gasteiger partial charge in [-0.1, -0.05) is 6.07 Å². The number of ether oxygens (including phenoxy) is 2. The topological polar surface area (TPSA) is 51.3 Å². The lowest BCUT2D eigenvalue weighted by atomic mass is 9.78. The fraction of sp³-hybridized carbons (Fsp3) is 0.471. The van der Waals surface area contributed by atoms with Crippen LogP contribution in [-0.2, 0) is 4.74 Å². The number of nitrogens with one attached hydrogen (secondary N) is 1. The van der Waals surface area contributed by atoms with E-state index in [1.807, 2.05) is 25.1 Å². The molecule has 1 fully saturated rings. The van der Waals surface area contributed by atoms with Crippen LogP contribution in [0, 0.1) is 5.92 Å². The summed E-state index contributed by atoms with van der Waals surface area (Å²) < 4.78 is 10.9. The highest BCUT2D eigenvalue weighted by molar-refractivity contribution is 6.10. The quantitative estimate of drug-likeness (QED) is 0.826. The Morgan fingerprint density at radius 2 is 2.19 bits per heavy atom. The molecule has 0 aliphatic heterocycles. The van der Waals surface area contributed by atoms with Crippen molar-refractivity contribution in [1.82, 2.24) is 4.98 Å². The largest absolute Gasteiger partial charge is 0.496 e. The number of Topliss-reactive ketones (excluding diaryl/α,β-unsaturated/α-hetero) is 1. The first-order valence-corrected chi connectivity index (χ1v) is 7.51. The predicted molar refractivity (Wildman–Crippen MR) is 81.9 cm³/mol. The van der Waals surface area contributed by atoms with E-state index in [1.165, 1.54) is 0 Å². The summed E-state index contributed by atoms with van der Waals surface area (Å²) in [5.41, 5.74) is 1.68. The molecule has 0 saturated heterocycles. The minimum absolute atomic E-state index is 0.186. The maximum absolute atomic E-state index is 12.5. The summed E-state index contributed by atoms with van der Waals surface area (Å²) in [6, 6.07) is 5.77. The zero-order valence-electron chi connectivity index (χ0n) is 12.5. The average molecular weight is 287 g/mol. The number of aromatic amines is 1. The van der Waals surface area contributed by atoms with Crippen LogP contribution < -0.4 is 4.74 Å². The minimum Gasteiger partial charge on any atom is -0.496 e. The Kier molecular flexibility index (Phi) is 3.97. The van der Waals surface area contributed by atoms with Crippen LogP contribution in [0.3, 0.4) is 0 Å². The van der Waals surface area contributed by atoms with Gasteiger partial charge in [-0.25, -0.2) is 0 Å². The van der Waals surface area contributed by atoms with E-state index in [1.54, 1.807) is 13.3 Å². The number of aromatic nitrogens is 1. The number of hydrogen-bond acceptors (Lipinski definition) is 3. The molecule has 4 nitrogen and oxygen atoms in total. The lowest BCUT2D eigenvalue weighted by Gasteiger charge is -2.34. The number of carbonyl (C=O) groups excluding carboxylic acids is 1. The molecule has 0 unspecified atom stereocenters. The molecule has 0 atom stereocenters. The number of rotatable bonds is 6. The maximum atomic E-state index is 12.5. The van der Waals surface area contributed by atoms with Crippen molar-refractivity contribution in [3.63, 3.8) is 0 Å². The predicted octanol–water partition coefficient (Wildman–Crippen LogP) is 3.56. The molecule has 112 valence electrons. The van der Waals surface area contributed by atoms with Gasteiger partial charge in [0.1, 0.15) is 5.75 Å². The maximum Gasteiger partial charge on any atom is 0.165 e. The SMILES string of the molecule is CCOC1CC(CC(=O)c2c[nH]c3cccc(OC)c23)C1. The molecule has 1 aliphatic rings. The van der Waals surface area contributed by atoms with Crippen LogP contribution in [-0.4, -0.2) is 30.6 Å². The zero-order chi connectivity index (χ0) is 14.8. The van der Waals surface area contributed by atoms with E-state index >= 15 is 0 Å². The molecule has 4 heteroatoms. The first-order chi connectivity index (χ1) is 10.2. The summed E-state index contributed by atoms with van der Waals surface area (Å²) in [5.74, 6) is 1.39. The third-order valence-electron chi connectivity index (χ3n) is 4.26. The molecule has 1 aromatic carbocycles. The van der Waals surface area contributed by atoms with Gasteiger partial charge in [-0.15, -0.1) is 0 Å². The summed E-state index contributed by atoms with van der Waals surface area (Å²) >= 11 is 0. The molecular formula is C17H21NO3. The normalized spacial score (nSPS) is 21.2. The van der Waals surface area contributed by atoms with Crippen LogP contribution in [0.25, 0.3) is 10.9 Å². The highest BCUT2D eigenvalue weighted by atomic mass is 16.5. The van der Waals surface area contributed by atoms with E-state index in [9.17, 15) is 4.79 Å². The van der Waals surface area contributed by atoms with Crippen molar-refractivity contribution in [2.75, 3.05) is 13.7 Å². The van der Waals surface area contributed by atoms with Gasteiger partial charge in [-0.05, 0) is 37.8 Å². The molecular weight excluding hydrogens is 266 g/mol. The van der Waals surface area contributed by atoms with E-state index < -0.39 is 0 Å². The van der Waals surface area contributed by atoms with Gasteiger partial charge < -0.3 is 14.5 Å². The molecule has 1 aromatic heterocycles. The van der Waals surface area contributed by atoms with Gasteiger partial charge >= 0.3 is 0 Å². The Balaban J connectivity index is 1.74. The van der Waals surface area contributed by atoms with E-state index in [-0.39, 0.29) is 5.78 Å². The van der Waals surface area contributed by atoms with E-state index in [0.717, 1.165) is 41.7 Å². The summed E-state index contributed by atoms with van der Waals surface area (Å²) in [7, 11) is 1.63. The Bertz CT molecular complexity index is 641. The van der Waals surface area contributed by atoms with Gasteiger partial charge in [0.25, 0.3) is 0 Å². The first-order valence-electron chi connectivity index (χ1n) is 7.51. The minimum atomic E-state index is 0.186. The van der Waals surface area contributed by atoms with Gasteiger partial charge in [-0.3, -0.25) is 4.79 Å². The molecule has 0 amide bonds. The van der Waals surface area contributed by atoms with Gasteiger partial charge in [0.15, 0.2) is 5.78 Å². The van der Waals surface area contributed by atoms with Gasteiger partial charge in [0.2, 0.25) is 0 Å². The highest BCUT2D eigenvalue weighted by Crippen LogP contribution is 2.35. The van der Waals surface area contributed by atoms with Crippen LogP contribution in [0.1, 0.15) is 36.5 Å². The Morgan fingerprint density at radius 1 is 1.38 bits per heavy atom. The van der Waals surface area contributed by atoms with E-state index in [0.29, 0.717) is 18.4 Å². The number of hydrogen-bond donors (Lipinski definition) is 1. The first kappa shape index (κ1) is 14.1. The second-order valence-corrected chi connectivity index (χ2v) is 5.63. The summed E-state index contributed by atoms with van der Waals surface area (Å²) in [6.07, 6.45) is 4.74. The summed E-state index contributed by atoms with van der Waals surface area (Å²) in [4.78, 5) is 15.7. The number of benzene rings is 1. The van der Waals surface area contributed by atoms with Crippen LogP contribution in [0.15, 0.2) is 24.4 Å². The van der Waals surface area contributed by atoms with Crippen molar-refractivity contribution in [2.24, 2.45) is 5.92 Å². The number of carbonyl (C=O) groups is 1. The number of ketones is 1. The Labute approximate surface area is 124 Å². The number of fused-ring (bicyclic) bond motifs is 1. The second-order valence-electron chi connectivity index (χ2n) is 5.63. The van der Waals surface area contributed by atoms with Gasteiger partial charge in [0, 0.05) is 30.3 Å². The van der Waals surface area contributed by atoms with Crippen molar-refractivity contribution >= 4 is 16.7 Å². The van der Waals surface area contributed by atoms with Crippen molar-refractivity contribution in [2.45, 2.75) is 32.3 Å². The van der Waals surface area contributed by atoms with Crippen LogP contribution in [0.4, 0.5) is 0 Å². The van der Waals surface area contributed by atoms with Crippen LogP contribution >= 0.6 is 0 Å². The van der Waals surface area contributed by atoms with E-state index in [2.05, 4.69) is 4.98 Å². The average Bonchev–Trinajstić information content (AvgIpc) is 2.89. The van der Waals surface area contributed by atoms with Gasteiger partial charge in [0.05, 0.1) is 18.6 Å². The lowest BCUT2D eigenvalue weighted by Crippen LogP contribution is -2.32. The molecule has 1 saturated carbocycles. The number of H-pyrrole nitrogens is 1. The molecule has 3 rings (SSSR count). The Morgan fingerprint density at radius 3 is 2.90 bits per heavy atom. The molecule has 0 radical (unpaired) electrons. The van der Waals surface area contributed by atoms with Crippen LogP contribution in [0.2, 0.25) is 0 Å². The second kappa shape index (κ2) is 5.90. The highest BCUT2D eigenvalue weighted by Gasteiger charge is 2.31. The summed E-state index contributed by atoms with van der Waals surface area (Å²) in [5, 5.41) is 0.894. The van der Waals surface area contributed by atoms with Crippen molar-refractivity contribution < 1.29 is 14.3 Å². The molecule has 1 heterocycles. The zero-order valence-corrected chi connectivity index (χ0v) is 12.5. The molecule has 2 aromatic rings. The van der Waals surface area contributed by atoms with E-state index in [4.69, 9.17) is 9.47 Å². The summed E-state index contributed by atoms with van der Waals surface area (Å²) in [6.45, 7) is 2.77. The standard InChI is InChI=1S/C17H21NO3/c1-3-21-12-7-11(8-12)9-15(19)13-10-18-14-5-4-6-16(20-2)17(13)14/h4-6,10-12,18H,3,7-9H2,1-2H3. The molecule has 1 N–H and O–H groups in total.